The number of hydrogen-bond acceptors (Lipinski definition) is 2. The summed E-state index contributed by atoms with van der Waals surface area (Å²) in [4.78, 5) is 2.44. The molecule has 2 N–H and O–H groups in total. The van der Waals surface area contributed by atoms with Crippen molar-refractivity contribution in [1.82, 2.24) is 4.90 Å². The van der Waals surface area contributed by atoms with Gasteiger partial charge in [-0.25, -0.2) is 0 Å². The summed E-state index contributed by atoms with van der Waals surface area (Å²) >= 11 is 0. The van der Waals surface area contributed by atoms with Gasteiger partial charge < -0.3 is 5.73 Å². The van der Waals surface area contributed by atoms with E-state index >= 15 is 0 Å². The van der Waals surface area contributed by atoms with Gasteiger partial charge in [-0.3, -0.25) is 4.90 Å². The molecule has 11 heavy (non-hydrogen) atoms. The van der Waals surface area contributed by atoms with Crippen LogP contribution in [0.5, 0.6) is 0 Å². The van der Waals surface area contributed by atoms with Crippen molar-refractivity contribution < 1.29 is 0 Å². The normalized spacial score (nSPS) is 20.0. The summed E-state index contributed by atoms with van der Waals surface area (Å²) in [5.74, 6) is 0. The summed E-state index contributed by atoms with van der Waals surface area (Å²) < 4.78 is 0. The van der Waals surface area contributed by atoms with E-state index in [4.69, 9.17) is 5.73 Å². The van der Waals surface area contributed by atoms with Crippen LogP contribution in [-0.4, -0.2) is 31.1 Å². The Morgan fingerprint density at radius 3 is 2.91 bits per heavy atom. The van der Waals surface area contributed by atoms with Crippen LogP contribution in [-0.2, 0) is 0 Å². The molecule has 0 amide bonds. The van der Waals surface area contributed by atoms with Crippen molar-refractivity contribution in [3.05, 3.63) is 11.6 Å². The maximum atomic E-state index is 5.47. The van der Waals surface area contributed by atoms with Gasteiger partial charge in [-0.1, -0.05) is 18.6 Å². The van der Waals surface area contributed by atoms with E-state index in [1.165, 1.54) is 19.5 Å². The summed E-state index contributed by atoms with van der Waals surface area (Å²) in [6.45, 7) is 6.54. The molecule has 0 saturated carbocycles. The minimum atomic E-state index is 0.804. The molecule has 0 saturated heterocycles. The Morgan fingerprint density at radius 1 is 1.64 bits per heavy atom. The molecule has 0 aromatic carbocycles. The van der Waals surface area contributed by atoms with E-state index in [0.717, 1.165) is 19.5 Å². The van der Waals surface area contributed by atoms with E-state index in [2.05, 4.69) is 17.9 Å². The van der Waals surface area contributed by atoms with Gasteiger partial charge in [0.05, 0.1) is 0 Å². The molecular weight excluding hydrogens is 136 g/mol. The number of nitrogens with two attached hydrogens (primary N) is 1. The van der Waals surface area contributed by atoms with E-state index in [0.29, 0.717) is 0 Å². The van der Waals surface area contributed by atoms with E-state index in [1.807, 2.05) is 0 Å². The van der Waals surface area contributed by atoms with Crippen LogP contribution in [0, 0.1) is 0 Å². The quantitative estimate of drug-likeness (QED) is 0.614. The largest absolute Gasteiger partial charge is 0.330 e. The molecule has 0 fully saturated rings. The Hall–Kier alpha value is -0.340. The van der Waals surface area contributed by atoms with Crippen molar-refractivity contribution >= 4 is 0 Å². The Kier molecular flexibility index (Phi) is 3.60. The molecule has 0 bridgehead atoms. The molecule has 1 rings (SSSR count). The smallest absolute Gasteiger partial charge is 0.0165 e. The zero-order valence-electron chi connectivity index (χ0n) is 7.34. The van der Waals surface area contributed by atoms with E-state index < -0.39 is 0 Å². The lowest BCUT2D eigenvalue weighted by molar-refractivity contribution is 0.308. The first-order chi connectivity index (χ1) is 5.36. The fraction of sp³-hybridized carbons (Fsp3) is 0.778. The lowest BCUT2D eigenvalue weighted by Gasteiger charge is -2.24. The van der Waals surface area contributed by atoms with Gasteiger partial charge in [0.2, 0.25) is 0 Å². The van der Waals surface area contributed by atoms with Gasteiger partial charge in [-0.05, 0) is 25.9 Å². The number of hydrogen-bond donors (Lipinski definition) is 1. The first kappa shape index (κ1) is 8.75. The average Bonchev–Trinajstić information content (AvgIpc) is 2.07. The summed E-state index contributed by atoms with van der Waals surface area (Å²) in [5, 5.41) is 0. The van der Waals surface area contributed by atoms with Gasteiger partial charge in [0.15, 0.2) is 0 Å². The van der Waals surface area contributed by atoms with Gasteiger partial charge in [0.1, 0.15) is 0 Å². The van der Waals surface area contributed by atoms with Gasteiger partial charge in [-0.15, -0.1) is 0 Å². The molecule has 0 aliphatic carbocycles. The monoisotopic (exact) mass is 154 g/mol. The van der Waals surface area contributed by atoms with Gasteiger partial charge in [0.25, 0.3) is 0 Å². The standard InChI is InChI=1S/C9H18N2/c1-2-11-7-4-9(3-6-10)5-8-11/h4H,2-3,5-8,10H2,1H3. The van der Waals surface area contributed by atoms with E-state index in [-0.39, 0.29) is 0 Å². The summed E-state index contributed by atoms with van der Waals surface area (Å²) in [7, 11) is 0. The third kappa shape index (κ3) is 2.64. The van der Waals surface area contributed by atoms with E-state index in [1.54, 1.807) is 5.57 Å². The van der Waals surface area contributed by atoms with Crippen LogP contribution in [0.15, 0.2) is 11.6 Å². The first-order valence-electron chi connectivity index (χ1n) is 4.47. The van der Waals surface area contributed by atoms with Crippen molar-refractivity contribution in [1.29, 1.82) is 0 Å². The lowest BCUT2D eigenvalue weighted by Crippen LogP contribution is -2.28. The van der Waals surface area contributed by atoms with Crippen molar-refractivity contribution in [2.75, 3.05) is 26.2 Å². The van der Waals surface area contributed by atoms with Crippen molar-refractivity contribution in [3.8, 4) is 0 Å². The third-order valence-corrected chi connectivity index (χ3v) is 2.30. The second kappa shape index (κ2) is 4.52. The molecule has 64 valence electrons. The molecule has 2 heteroatoms. The predicted molar refractivity (Wildman–Crippen MR) is 48.5 cm³/mol. The zero-order chi connectivity index (χ0) is 8.10. The molecule has 1 aliphatic heterocycles. The highest BCUT2D eigenvalue weighted by molar-refractivity contribution is 5.07. The second-order valence-corrected chi connectivity index (χ2v) is 3.04. The maximum absolute atomic E-state index is 5.47. The zero-order valence-corrected chi connectivity index (χ0v) is 7.34. The fourth-order valence-corrected chi connectivity index (χ4v) is 1.45. The SMILES string of the molecule is CCN1CC=C(CCN)CC1. The summed E-state index contributed by atoms with van der Waals surface area (Å²) in [5.41, 5.74) is 7.03. The van der Waals surface area contributed by atoms with Crippen LogP contribution in [0.2, 0.25) is 0 Å². The maximum Gasteiger partial charge on any atom is 0.0165 e. The molecular formula is C9H18N2. The van der Waals surface area contributed by atoms with Crippen LogP contribution < -0.4 is 5.73 Å². The second-order valence-electron chi connectivity index (χ2n) is 3.04. The van der Waals surface area contributed by atoms with Crippen molar-refractivity contribution in [2.24, 2.45) is 5.73 Å². The highest BCUT2D eigenvalue weighted by Gasteiger charge is 2.07. The molecule has 0 aromatic rings. The van der Waals surface area contributed by atoms with Crippen LogP contribution >= 0.6 is 0 Å². The van der Waals surface area contributed by atoms with Crippen LogP contribution in [0.1, 0.15) is 19.8 Å². The van der Waals surface area contributed by atoms with Crippen molar-refractivity contribution in [3.63, 3.8) is 0 Å². The van der Waals surface area contributed by atoms with E-state index in [9.17, 15) is 0 Å². The summed E-state index contributed by atoms with van der Waals surface area (Å²) in [6.07, 6.45) is 4.66. The molecule has 2 nitrogen and oxygen atoms in total. The molecule has 1 aliphatic rings. The Balaban J connectivity index is 2.31. The van der Waals surface area contributed by atoms with Crippen LogP contribution in [0.4, 0.5) is 0 Å². The van der Waals surface area contributed by atoms with Crippen LogP contribution in [0.3, 0.4) is 0 Å². The highest BCUT2D eigenvalue weighted by atomic mass is 15.1. The van der Waals surface area contributed by atoms with Gasteiger partial charge in [0, 0.05) is 13.1 Å². The number of nitrogens with zero attached hydrogens (tertiary/aromatic N) is 1. The molecule has 0 atom stereocenters. The van der Waals surface area contributed by atoms with Gasteiger partial charge >= 0.3 is 0 Å². The molecule has 0 unspecified atom stereocenters. The Bertz CT molecular complexity index is 140. The minimum Gasteiger partial charge on any atom is -0.330 e. The predicted octanol–water partition coefficient (Wildman–Crippen LogP) is 0.987. The topological polar surface area (TPSA) is 29.3 Å². The minimum absolute atomic E-state index is 0.804. The average molecular weight is 154 g/mol. The third-order valence-electron chi connectivity index (χ3n) is 2.30. The summed E-state index contributed by atoms with van der Waals surface area (Å²) in [6, 6.07) is 0. The van der Waals surface area contributed by atoms with Crippen LogP contribution in [0.25, 0.3) is 0 Å². The first-order valence-corrected chi connectivity index (χ1v) is 4.47. The highest BCUT2D eigenvalue weighted by Crippen LogP contribution is 2.12. The number of rotatable bonds is 3. The van der Waals surface area contributed by atoms with Crippen molar-refractivity contribution in [2.45, 2.75) is 19.8 Å². The van der Waals surface area contributed by atoms with Gasteiger partial charge in [-0.2, -0.15) is 0 Å². The number of likely N-dealkylation sites (N-methyl/N-ethyl adjacent to an activating group) is 1. The molecule has 0 aromatic heterocycles. The Labute approximate surface area is 69.1 Å². The molecule has 0 radical (unpaired) electrons. The Morgan fingerprint density at radius 2 is 2.45 bits per heavy atom. The molecule has 0 spiro atoms. The lowest BCUT2D eigenvalue weighted by atomic mass is 10.1. The fourth-order valence-electron chi connectivity index (χ4n) is 1.45. The molecule has 1 heterocycles.